The van der Waals surface area contributed by atoms with Crippen LogP contribution in [0.1, 0.15) is 53.4 Å². The van der Waals surface area contributed by atoms with Crippen LogP contribution in [0.2, 0.25) is 0 Å². The summed E-state index contributed by atoms with van der Waals surface area (Å²) in [4.78, 5) is 10.5. The standard InChI is InChI=1S/C11H22O2/c1-5-11(3,4)8-6-7-9(2)10(12)13/h9H,5-8H2,1-4H3,(H,12,13). The third-order valence-electron chi connectivity index (χ3n) is 2.87. The van der Waals surface area contributed by atoms with E-state index in [9.17, 15) is 4.79 Å². The summed E-state index contributed by atoms with van der Waals surface area (Å²) in [7, 11) is 0. The molecule has 0 saturated carbocycles. The zero-order valence-electron chi connectivity index (χ0n) is 9.26. The highest BCUT2D eigenvalue weighted by Crippen LogP contribution is 2.27. The van der Waals surface area contributed by atoms with E-state index >= 15 is 0 Å². The van der Waals surface area contributed by atoms with Crippen LogP contribution in [0.5, 0.6) is 0 Å². The Labute approximate surface area is 81.3 Å². The van der Waals surface area contributed by atoms with Crippen molar-refractivity contribution in [2.75, 3.05) is 0 Å². The minimum atomic E-state index is -0.672. The van der Waals surface area contributed by atoms with Gasteiger partial charge in [0, 0.05) is 0 Å². The summed E-state index contributed by atoms with van der Waals surface area (Å²) in [5, 5.41) is 8.67. The Hall–Kier alpha value is -0.530. The van der Waals surface area contributed by atoms with Crippen LogP contribution in [-0.4, -0.2) is 11.1 Å². The van der Waals surface area contributed by atoms with Crippen LogP contribution >= 0.6 is 0 Å². The SMILES string of the molecule is CCC(C)(C)CCCC(C)C(=O)O. The zero-order valence-corrected chi connectivity index (χ0v) is 9.26. The van der Waals surface area contributed by atoms with Gasteiger partial charge in [0.15, 0.2) is 0 Å². The van der Waals surface area contributed by atoms with E-state index in [1.165, 1.54) is 0 Å². The lowest BCUT2D eigenvalue weighted by molar-refractivity contribution is -0.141. The molecule has 0 amide bonds. The van der Waals surface area contributed by atoms with Crippen molar-refractivity contribution in [3.8, 4) is 0 Å². The first kappa shape index (κ1) is 12.5. The molecule has 2 nitrogen and oxygen atoms in total. The first-order chi connectivity index (χ1) is 5.89. The number of carboxylic acids is 1. The zero-order chi connectivity index (χ0) is 10.5. The largest absolute Gasteiger partial charge is 0.481 e. The van der Waals surface area contributed by atoms with Crippen molar-refractivity contribution in [1.82, 2.24) is 0 Å². The fourth-order valence-corrected chi connectivity index (χ4v) is 1.19. The predicted molar refractivity (Wildman–Crippen MR) is 54.7 cm³/mol. The number of aliphatic carboxylic acids is 1. The second kappa shape index (κ2) is 5.25. The van der Waals surface area contributed by atoms with Gasteiger partial charge in [-0.3, -0.25) is 4.79 Å². The minimum Gasteiger partial charge on any atom is -0.481 e. The molecule has 0 fully saturated rings. The molecule has 1 atom stereocenters. The molecule has 0 aromatic heterocycles. The Bertz CT molecular complexity index is 161. The van der Waals surface area contributed by atoms with E-state index in [2.05, 4.69) is 20.8 Å². The summed E-state index contributed by atoms with van der Waals surface area (Å²) in [6.45, 7) is 8.43. The lowest BCUT2D eigenvalue weighted by atomic mass is 9.84. The number of hydrogen-bond donors (Lipinski definition) is 1. The second-order valence-electron chi connectivity index (χ2n) is 4.65. The van der Waals surface area contributed by atoms with Crippen molar-refractivity contribution in [2.24, 2.45) is 11.3 Å². The fourth-order valence-electron chi connectivity index (χ4n) is 1.19. The normalized spacial score (nSPS) is 14.2. The molecule has 1 N–H and O–H groups in total. The molecular weight excluding hydrogens is 164 g/mol. The molecule has 0 bridgehead atoms. The van der Waals surface area contributed by atoms with Gasteiger partial charge >= 0.3 is 5.97 Å². The fraction of sp³-hybridized carbons (Fsp3) is 0.909. The molecule has 0 saturated heterocycles. The molecule has 0 radical (unpaired) electrons. The third kappa shape index (κ3) is 5.67. The molecule has 0 aliphatic rings. The van der Waals surface area contributed by atoms with E-state index in [0.717, 1.165) is 25.7 Å². The van der Waals surface area contributed by atoms with Gasteiger partial charge in [-0.2, -0.15) is 0 Å². The molecule has 0 aromatic carbocycles. The van der Waals surface area contributed by atoms with Crippen LogP contribution in [0.25, 0.3) is 0 Å². The summed E-state index contributed by atoms with van der Waals surface area (Å²) >= 11 is 0. The number of hydrogen-bond acceptors (Lipinski definition) is 1. The van der Waals surface area contributed by atoms with Crippen LogP contribution in [0.15, 0.2) is 0 Å². The van der Waals surface area contributed by atoms with Gasteiger partial charge in [-0.1, -0.05) is 40.5 Å². The van der Waals surface area contributed by atoms with Gasteiger partial charge in [-0.05, 0) is 18.3 Å². The van der Waals surface area contributed by atoms with Crippen LogP contribution in [0, 0.1) is 11.3 Å². The van der Waals surface area contributed by atoms with Gasteiger partial charge in [-0.15, -0.1) is 0 Å². The summed E-state index contributed by atoms with van der Waals surface area (Å²) < 4.78 is 0. The van der Waals surface area contributed by atoms with E-state index in [4.69, 9.17) is 5.11 Å². The maximum atomic E-state index is 10.5. The van der Waals surface area contributed by atoms with Crippen molar-refractivity contribution < 1.29 is 9.90 Å². The van der Waals surface area contributed by atoms with Gasteiger partial charge in [-0.25, -0.2) is 0 Å². The molecule has 0 aliphatic carbocycles. The monoisotopic (exact) mass is 186 g/mol. The highest BCUT2D eigenvalue weighted by molar-refractivity contribution is 5.69. The maximum Gasteiger partial charge on any atom is 0.306 e. The van der Waals surface area contributed by atoms with Crippen molar-refractivity contribution in [3.63, 3.8) is 0 Å². The Morgan fingerprint density at radius 2 is 2.00 bits per heavy atom. The lowest BCUT2D eigenvalue weighted by Gasteiger charge is -2.22. The molecule has 0 heterocycles. The van der Waals surface area contributed by atoms with Gasteiger partial charge in [0.05, 0.1) is 5.92 Å². The lowest BCUT2D eigenvalue weighted by Crippen LogP contribution is -2.13. The highest BCUT2D eigenvalue weighted by atomic mass is 16.4. The average Bonchev–Trinajstić information content (AvgIpc) is 2.04. The second-order valence-corrected chi connectivity index (χ2v) is 4.65. The summed E-state index contributed by atoms with van der Waals surface area (Å²) in [6, 6.07) is 0. The maximum absolute atomic E-state index is 10.5. The number of carboxylic acid groups (broad SMARTS) is 1. The van der Waals surface area contributed by atoms with Gasteiger partial charge in [0.1, 0.15) is 0 Å². The molecule has 0 rings (SSSR count). The van der Waals surface area contributed by atoms with Crippen molar-refractivity contribution in [2.45, 2.75) is 53.4 Å². The third-order valence-corrected chi connectivity index (χ3v) is 2.87. The molecular formula is C11H22O2. The molecule has 0 aliphatic heterocycles. The molecule has 78 valence electrons. The Kier molecular flexibility index (Phi) is 5.04. The quantitative estimate of drug-likeness (QED) is 0.691. The Morgan fingerprint density at radius 1 is 1.46 bits per heavy atom. The number of rotatable bonds is 6. The van der Waals surface area contributed by atoms with E-state index < -0.39 is 5.97 Å². The minimum absolute atomic E-state index is 0.187. The molecule has 13 heavy (non-hydrogen) atoms. The summed E-state index contributed by atoms with van der Waals surface area (Å²) in [5.74, 6) is -0.859. The Morgan fingerprint density at radius 3 is 2.38 bits per heavy atom. The Balaban J connectivity index is 3.62. The van der Waals surface area contributed by atoms with E-state index in [0.29, 0.717) is 5.41 Å². The van der Waals surface area contributed by atoms with Crippen LogP contribution in [0.4, 0.5) is 0 Å². The topological polar surface area (TPSA) is 37.3 Å². The average molecular weight is 186 g/mol. The highest BCUT2D eigenvalue weighted by Gasteiger charge is 2.16. The number of carbonyl (C=O) groups is 1. The molecule has 1 unspecified atom stereocenters. The first-order valence-corrected chi connectivity index (χ1v) is 5.12. The smallest absolute Gasteiger partial charge is 0.306 e. The molecule has 0 spiro atoms. The van der Waals surface area contributed by atoms with Gasteiger partial charge in [0.25, 0.3) is 0 Å². The van der Waals surface area contributed by atoms with Gasteiger partial charge in [0.2, 0.25) is 0 Å². The summed E-state index contributed by atoms with van der Waals surface area (Å²) in [6.07, 6.45) is 4.11. The van der Waals surface area contributed by atoms with Crippen LogP contribution in [-0.2, 0) is 4.79 Å². The van der Waals surface area contributed by atoms with Crippen LogP contribution < -0.4 is 0 Å². The van der Waals surface area contributed by atoms with Crippen molar-refractivity contribution >= 4 is 5.97 Å². The van der Waals surface area contributed by atoms with E-state index in [-0.39, 0.29) is 5.92 Å². The molecule has 2 heteroatoms. The van der Waals surface area contributed by atoms with Crippen molar-refractivity contribution in [3.05, 3.63) is 0 Å². The van der Waals surface area contributed by atoms with Crippen molar-refractivity contribution in [1.29, 1.82) is 0 Å². The van der Waals surface area contributed by atoms with E-state index in [1.807, 2.05) is 0 Å². The van der Waals surface area contributed by atoms with Crippen LogP contribution in [0.3, 0.4) is 0 Å². The first-order valence-electron chi connectivity index (χ1n) is 5.12. The van der Waals surface area contributed by atoms with E-state index in [1.54, 1.807) is 6.92 Å². The molecule has 0 aromatic rings. The summed E-state index contributed by atoms with van der Waals surface area (Å²) in [5.41, 5.74) is 0.373. The predicted octanol–water partition coefficient (Wildman–Crippen LogP) is 3.31. The van der Waals surface area contributed by atoms with Gasteiger partial charge < -0.3 is 5.11 Å².